The number of aromatic carboxylic acids is 1. The fourth-order valence-corrected chi connectivity index (χ4v) is 3.53. The summed E-state index contributed by atoms with van der Waals surface area (Å²) in [6.07, 6.45) is -3.69. The zero-order valence-electron chi connectivity index (χ0n) is 13.1. The van der Waals surface area contributed by atoms with Crippen LogP contribution in [-0.2, 0) is 11.9 Å². The summed E-state index contributed by atoms with van der Waals surface area (Å²) in [5, 5.41) is 8.94. The number of thioether (sulfide) groups is 1. The van der Waals surface area contributed by atoms with Crippen LogP contribution in [0, 0.1) is 0 Å². The minimum absolute atomic E-state index is 0.0589. The summed E-state index contributed by atoms with van der Waals surface area (Å²) in [5.41, 5.74) is -1.43. The third kappa shape index (κ3) is 3.60. The molecule has 1 heterocycles. The molecule has 0 aliphatic rings. The molecule has 2 aromatic carbocycles. The lowest BCUT2D eigenvalue weighted by atomic mass is 10.1. The SMILES string of the molecule is O=C(O)c1c[nH]c2cc(C(F)(F)F)c(SCc3ccccc3)cc2c1=O. The molecular formula is C18H12F3NO3S. The predicted octanol–water partition coefficient (Wildman–Crippen LogP) is 4.54. The normalized spacial score (nSPS) is 11.7. The van der Waals surface area contributed by atoms with Gasteiger partial charge < -0.3 is 10.1 Å². The van der Waals surface area contributed by atoms with Crippen LogP contribution in [0.2, 0.25) is 0 Å². The van der Waals surface area contributed by atoms with Crippen LogP contribution in [0.25, 0.3) is 10.9 Å². The maximum Gasteiger partial charge on any atom is 0.417 e. The summed E-state index contributed by atoms with van der Waals surface area (Å²) in [4.78, 5) is 25.7. The second kappa shape index (κ2) is 6.87. The van der Waals surface area contributed by atoms with Crippen molar-refractivity contribution in [2.75, 3.05) is 0 Å². The first-order valence-electron chi connectivity index (χ1n) is 7.44. The van der Waals surface area contributed by atoms with Gasteiger partial charge in [-0.2, -0.15) is 13.2 Å². The van der Waals surface area contributed by atoms with E-state index in [1.54, 1.807) is 30.3 Å². The van der Waals surface area contributed by atoms with Gasteiger partial charge in [0.1, 0.15) is 5.56 Å². The van der Waals surface area contributed by atoms with Gasteiger partial charge in [-0.3, -0.25) is 4.79 Å². The van der Waals surface area contributed by atoms with Crippen LogP contribution in [0.15, 0.2) is 58.4 Å². The number of benzene rings is 2. The second-order valence-electron chi connectivity index (χ2n) is 5.50. The van der Waals surface area contributed by atoms with Crippen LogP contribution in [0.4, 0.5) is 13.2 Å². The number of pyridine rings is 1. The highest BCUT2D eigenvalue weighted by Gasteiger charge is 2.34. The van der Waals surface area contributed by atoms with E-state index in [4.69, 9.17) is 5.11 Å². The number of hydrogen-bond acceptors (Lipinski definition) is 3. The molecule has 0 radical (unpaired) electrons. The second-order valence-corrected chi connectivity index (χ2v) is 6.52. The van der Waals surface area contributed by atoms with E-state index in [0.717, 1.165) is 35.7 Å². The number of carboxylic acids is 1. The highest BCUT2D eigenvalue weighted by Crippen LogP contribution is 2.39. The first-order chi connectivity index (χ1) is 12.3. The highest BCUT2D eigenvalue weighted by atomic mass is 32.2. The quantitative estimate of drug-likeness (QED) is 0.653. The third-order valence-corrected chi connectivity index (χ3v) is 4.88. The molecule has 0 unspecified atom stereocenters. The Morgan fingerprint density at radius 2 is 1.85 bits per heavy atom. The Balaban J connectivity index is 2.12. The monoisotopic (exact) mass is 379 g/mol. The van der Waals surface area contributed by atoms with Gasteiger partial charge in [0, 0.05) is 27.7 Å². The number of nitrogens with one attached hydrogen (secondary N) is 1. The summed E-state index contributed by atoms with van der Waals surface area (Å²) in [6, 6.07) is 10.9. The fourth-order valence-electron chi connectivity index (χ4n) is 2.48. The molecule has 3 rings (SSSR count). The van der Waals surface area contributed by atoms with E-state index in [-0.39, 0.29) is 21.6 Å². The number of alkyl halides is 3. The van der Waals surface area contributed by atoms with Crippen molar-refractivity contribution in [3.63, 3.8) is 0 Å². The van der Waals surface area contributed by atoms with Crippen molar-refractivity contribution in [2.45, 2.75) is 16.8 Å². The molecule has 0 amide bonds. The lowest BCUT2D eigenvalue weighted by Crippen LogP contribution is -2.16. The van der Waals surface area contributed by atoms with Crippen LogP contribution in [-0.4, -0.2) is 16.1 Å². The van der Waals surface area contributed by atoms with Gasteiger partial charge in [-0.15, -0.1) is 11.8 Å². The molecule has 0 bridgehead atoms. The highest BCUT2D eigenvalue weighted by molar-refractivity contribution is 7.98. The Morgan fingerprint density at radius 1 is 1.15 bits per heavy atom. The Kier molecular flexibility index (Phi) is 4.78. The summed E-state index contributed by atoms with van der Waals surface area (Å²) >= 11 is 0.945. The smallest absolute Gasteiger partial charge is 0.417 e. The number of hydrogen-bond donors (Lipinski definition) is 2. The Labute approximate surface area is 149 Å². The standard InChI is InChI=1S/C18H12F3NO3S/c19-18(20,21)13-7-14-11(16(23)12(8-22-14)17(24)25)6-15(13)26-9-10-4-2-1-3-5-10/h1-8H,9H2,(H,22,23)(H,24,25). The van der Waals surface area contributed by atoms with Gasteiger partial charge in [0.25, 0.3) is 0 Å². The van der Waals surface area contributed by atoms with Crippen molar-refractivity contribution in [2.24, 2.45) is 0 Å². The molecule has 3 aromatic rings. The zero-order valence-corrected chi connectivity index (χ0v) is 13.9. The summed E-state index contributed by atoms with van der Waals surface area (Å²) in [7, 11) is 0. The molecule has 0 aliphatic heterocycles. The number of fused-ring (bicyclic) bond motifs is 1. The van der Waals surface area contributed by atoms with Gasteiger partial charge in [-0.1, -0.05) is 30.3 Å². The van der Waals surface area contributed by atoms with Crippen molar-refractivity contribution in [1.29, 1.82) is 0 Å². The molecule has 0 atom stereocenters. The van der Waals surface area contributed by atoms with E-state index in [2.05, 4.69) is 4.98 Å². The minimum Gasteiger partial charge on any atom is -0.477 e. The van der Waals surface area contributed by atoms with Gasteiger partial charge in [-0.25, -0.2) is 4.79 Å². The number of carbonyl (C=O) groups is 1. The molecule has 2 N–H and O–H groups in total. The summed E-state index contributed by atoms with van der Waals surface area (Å²) < 4.78 is 40.2. The number of aromatic amines is 1. The van der Waals surface area contributed by atoms with Gasteiger partial charge in [0.2, 0.25) is 5.43 Å². The minimum atomic E-state index is -4.60. The Bertz CT molecular complexity index is 1030. The van der Waals surface area contributed by atoms with Crippen LogP contribution in [0.3, 0.4) is 0 Å². The zero-order chi connectivity index (χ0) is 18.9. The predicted molar refractivity (Wildman–Crippen MR) is 92.5 cm³/mol. The van der Waals surface area contributed by atoms with Crippen molar-refractivity contribution >= 4 is 28.6 Å². The van der Waals surface area contributed by atoms with E-state index in [1.165, 1.54) is 0 Å². The number of rotatable bonds is 4. The molecule has 0 saturated heterocycles. The maximum absolute atomic E-state index is 13.4. The van der Waals surface area contributed by atoms with Crippen LogP contribution in [0.1, 0.15) is 21.5 Å². The van der Waals surface area contributed by atoms with Crippen molar-refractivity contribution < 1.29 is 23.1 Å². The Hall–Kier alpha value is -2.74. The van der Waals surface area contributed by atoms with Crippen molar-refractivity contribution in [1.82, 2.24) is 4.98 Å². The molecule has 0 fully saturated rings. The van der Waals surface area contributed by atoms with Crippen LogP contribution in [0.5, 0.6) is 0 Å². The fraction of sp³-hybridized carbons (Fsp3) is 0.111. The van der Waals surface area contributed by atoms with Gasteiger partial charge in [0.15, 0.2) is 0 Å². The van der Waals surface area contributed by atoms with Gasteiger partial charge in [-0.05, 0) is 17.7 Å². The third-order valence-electron chi connectivity index (χ3n) is 3.75. The molecule has 0 spiro atoms. The number of carboxylic acid groups (broad SMARTS) is 1. The van der Waals surface area contributed by atoms with E-state index in [0.29, 0.717) is 0 Å². The molecule has 0 saturated carbocycles. The number of aromatic nitrogens is 1. The lowest BCUT2D eigenvalue weighted by Gasteiger charge is -2.14. The van der Waals surface area contributed by atoms with Crippen LogP contribution < -0.4 is 5.43 Å². The molecule has 26 heavy (non-hydrogen) atoms. The lowest BCUT2D eigenvalue weighted by molar-refractivity contribution is -0.139. The molecule has 0 aliphatic carbocycles. The number of H-pyrrole nitrogens is 1. The molecular weight excluding hydrogens is 367 g/mol. The van der Waals surface area contributed by atoms with Crippen molar-refractivity contribution in [3.05, 3.63) is 75.6 Å². The van der Waals surface area contributed by atoms with Gasteiger partial charge >= 0.3 is 12.1 Å². The average Bonchev–Trinajstić information content (AvgIpc) is 2.59. The van der Waals surface area contributed by atoms with Crippen molar-refractivity contribution in [3.8, 4) is 0 Å². The van der Waals surface area contributed by atoms with Crippen LogP contribution >= 0.6 is 11.8 Å². The topological polar surface area (TPSA) is 70.2 Å². The summed E-state index contributed by atoms with van der Waals surface area (Å²) in [5.74, 6) is -1.15. The molecule has 1 aromatic heterocycles. The maximum atomic E-state index is 13.4. The number of halogens is 3. The molecule has 8 heteroatoms. The van der Waals surface area contributed by atoms with E-state index >= 15 is 0 Å². The van der Waals surface area contributed by atoms with E-state index < -0.39 is 28.7 Å². The average molecular weight is 379 g/mol. The molecule has 134 valence electrons. The van der Waals surface area contributed by atoms with Gasteiger partial charge in [0.05, 0.1) is 5.56 Å². The van der Waals surface area contributed by atoms with E-state index in [9.17, 15) is 22.8 Å². The first kappa shape index (κ1) is 18.1. The largest absolute Gasteiger partial charge is 0.477 e. The molecule has 4 nitrogen and oxygen atoms in total. The first-order valence-corrected chi connectivity index (χ1v) is 8.42. The van der Waals surface area contributed by atoms with E-state index in [1.807, 2.05) is 0 Å². The summed E-state index contributed by atoms with van der Waals surface area (Å²) in [6.45, 7) is 0. The Morgan fingerprint density at radius 3 is 2.46 bits per heavy atom.